The highest BCUT2D eigenvalue weighted by atomic mass is 16.5. The van der Waals surface area contributed by atoms with Crippen molar-refractivity contribution in [2.75, 3.05) is 0 Å². The van der Waals surface area contributed by atoms with E-state index in [-0.39, 0.29) is 11.8 Å². The van der Waals surface area contributed by atoms with Crippen LogP contribution >= 0.6 is 0 Å². The standard InChI is InChI=1S/C52H53N5O4/c1-32(2)20-36-14-18-53-50(22-36)60-44-26-38(34(5)6)24-42(28-44)58-40-10-12-46-47-13-11-41(31-49(47)57(48(46)30-40)52-55-16-9-17-56-52)59-43-25-39(35(7)8)27-45(29-43)61-51-23-37(15-19-54-51)21-33(3)4/h9-19,22-35H,20-21H2,1-8H3. The Morgan fingerprint density at radius 3 is 1.26 bits per heavy atom. The Kier molecular flexibility index (Phi) is 12.0. The van der Waals surface area contributed by atoms with Crippen molar-refractivity contribution in [1.82, 2.24) is 24.5 Å². The van der Waals surface area contributed by atoms with Crippen molar-refractivity contribution >= 4 is 21.8 Å². The fourth-order valence-electron chi connectivity index (χ4n) is 7.54. The zero-order chi connectivity index (χ0) is 42.6. The molecule has 0 N–H and O–H groups in total. The minimum absolute atomic E-state index is 0.249. The van der Waals surface area contributed by atoms with Crippen LogP contribution in [0.1, 0.15) is 89.5 Å². The molecule has 0 fully saturated rings. The lowest BCUT2D eigenvalue weighted by Crippen LogP contribution is -2.00. The van der Waals surface area contributed by atoms with Crippen LogP contribution in [0.4, 0.5) is 0 Å². The molecule has 0 unspecified atom stereocenters. The number of hydrogen-bond donors (Lipinski definition) is 0. The summed E-state index contributed by atoms with van der Waals surface area (Å²) in [5.41, 5.74) is 6.36. The van der Waals surface area contributed by atoms with Crippen LogP contribution in [0, 0.1) is 11.8 Å². The largest absolute Gasteiger partial charge is 0.457 e. The molecule has 0 saturated carbocycles. The van der Waals surface area contributed by atoms with Gasteiger partial charge < -0.3 is 18.9 Å². The van der Waals surface area contributed by atoms with E-state index in [1.807, 2.05) is 71.3 Å². The van der Waals surface area contributed by atoms with Crippen LogP contribution < -0.4 is 18.9 Å². The SMILES string of the molecule is CC(C)Cc1ccnc(Oc2cc(Oc3ccc4c5ccc(Oc6cc(Oc7cc(CC(C)C)ccn7)cc(C(C)C)c6)cc5n(-c5ncccn5)c4c3)cc(C(C)C)c2)c1. The molecule has 4 aromatic carbocycles. The molecule has 0 radical (unpaired) electrons. The van der Waals surface area contributed by atoms with E-state index >= 15 is 0 Å². The smallest absolute Gasteiger partial charge is 0.234 e. The number of ether oxygens (including phenoxy) is 4. The summed E-state index contributed by atoms with van der Waals surface area (Å²) in [7, 11) is 0. The zero-order valence-electron chi connectivity index (χ0n) is 36.2. The summed E-state index contributed by atoms with van der Waals surface area (Å²) in [4.78, 5) is 18.4. The summed E-state index contributed by atoms with van der Waals surface area (Å²) in [6.45, 7) is 17.5. The summed E-state index contributed by atoms with van der Waals surface area (Å²) in [6, 6.07) is 34.2. The molecule has 0 aliphatic rings. The molecule has 9 nitrogen and oxygen atoms in total. The van der Waals surface area contributed by atoms with Gasteiger partial charge in [0.05, 0.1) is 11.0 Å². The topological polar surface area (TPSA) is 93.4 Å². The Bertz CT molecular complexity index is 2620. The molecule has 0 spiro atoms. The molecular weight excluding hydrogens is 759 g/mol. The first kappa shape index (κ1) is 41.0. The molecule has 4 aromatic heterocycles. The van der Waals surface area contributed by atoms with Crippen molar-refractivity contribution in [3.05, 3.63) is 150 Å². The van der Waals surface area contributed by atoms with Crippen LogP contribution in [0.15, 0.2) is 128 Å². The molecule has 9 heteroatoms. The fourth-order valence-corrected chi connectivity index (χ4v) is 7.54. The van der Waals surface area contributed by atoms with E-state index in [1.54, 1.807) is 24.8 Å². The van der Waals surface area contributed by atoms with Gasteiger partial charge in [0.2, 0.25) is 17.7 Å². The van der Waals surface area contributed by atoms with Gasteiger partial charge in [-0.3, -0.25) is 4.57 Å². The predicted molar refractivity (Wildman–Crippen MR) is 243 cm³/mol. The van der Waals surface area contributed by atoms with Crippen LogP contribution in [-0.2, 0) is 12.8 Å². The number of pyridine rings is 2. The molecule has 0 atom stereocenters. The molecule has 0 amide bonds. The Hall–Kier alpha value is -6.74. The lowest BCUT2D eigenvalue weighted by atomic mass is 10.0. The van der Waals surface area contributed by atoms with Gasteiger partial charge in [0.1, 0.15) is 34.5 Å². The maximum Gasteiger partial charge on any atom is 0.234 e. The van der Waals surface area contributed by atoms with E-state index in [2.05, 4.69) is 112 Å². The number of hydrogen-bond acceptors (Lipinski definition) is 8. The van der Waals surface area contributed by atoms with Crippen LogP contribution in [0.2, 0.25) is 0 Å². The van der Waals surface area contributed by atoms with Crippen LogP contribution in [0.25, 0.3) is 27.8 Å². The monoisotopic (exact) mass is 811 g/mol. The van der Waals surface area contributed by atoms with Gasteiger partial charge in [-0.05, 0) is 125 Å². The highest BCUT2D eigenvalue weighted by Crippen LogP contribution is 2.40. The maximum absolute atomic E-state index is 6.63. The van der Waals surface area contributed by atoms with E-state index in [1.165, 1.54) is 11.1 Å². The van der Waals surface area contributed by atoms with Crippen molar-refractivity contribution in [3.8, 4) is 52.2 Å². The number of aromatic nitrogens is 5. The third kappa shape index (κ3) is 9.84. The van der Waals surface area contributed by atoms with Gasteiger partial charge in [0, 0.05) is 72.0 Å². The van der Waals surface area contributed by atoms with Crippen molar-refractivity contribution in [2.45, 2.75) is 80.1 Å². The average molecular weight is 812 g/mol. The van der Waals surface area contributed by atoms with Gasteiger partial charge in [-0.2, -0.15) is 0 Å². The van der Waals surface area contributed by atoms with Crippen molar-refractivity contribution in [3.63, 3.8) is 0 Å². The second-order valence-electron chi connectivity index (χ2n) is 17.1. The normalized spacial score (nSPS) is 11.7. The molecule has 0 aliphatic heterocycles. The van der Waals surface area contributed by atoms with Gasteiger partial charge >= 0.3 is 0 Å². The van der Waals surface area contributed by atoms with Gasteiger partial charge in [-0.1, -0.05) is 55.4 Å². The van der Waals surface area contributed by atoms with Gasteiger partial charge in [-0.25, -0.2) is 19.9 Å². The minimum Gasteiger partial charge on any atom is -0.457 e. The summed E-state index contributed by atoms with van der Waals surface area (Å²) in [5, 5.41) is 2.05. The summed E-state index contributed by atoms with van der Waals surface area (Å²) < 4.78 is 28.0. The summed E-state index contributed by atoms with van der Waals surface area (Å²) >= 11 is 0. The second-order valence-corrected chi connectivity index (χ2v) is 17.1. The molecule has 4 heterocycles. The highest BCUT2D eigenvalue weighted by Gasteiger charge is 2.18. The zero-order valence-corrected chi connectivity index (χ0v) is 36.2. The Labute approximate surface area is 358 Å². The fraction of sp³-hybridized carbons (Fsp3) is 0.269. The minimum atomic E-state index is 0.249. The van der Waals surface area contributed by atoms with Crippen molar-refractivity contribution in [2.24, 2.45) is 11.8 Å². The molecule has 8 rings (SSSR count). The van der Waals surface area contributed by atoms with E-state index < -0.39 is 0 Å². The van der Waals surface area contributed by atoms with Crippen molar-refractivity contribution in [1.29, 1.82) is 0 Å². The van der Waals surface area contributed by atoms with Crippen LogP contribution in [-0.4, -0.2) is 24.5 Å². The molecular formula is C52H53N5O4. The lowest BCUT2D eigenvalue weighted by Gasteiger charge is -2.14. The van der Waals surface area contributed by atoms with Crippen LogP contribution in [0.5, 0.6) is 46.3 Å². The Morgan fingerprint density at radius 2 is 0.852 bits per heavy atom. The van der Waals surface area contributed by atoms with Gasteiger partial charge in [0.15, 0.2) is 0 Å². The van der Waals surface area contributed by atoms with Gasteiger partial charge in [0.25, 0.3) is 0 Å². The molecule has 0 aliphatic carbocycles. The summed E-state index contributed by atoms with van der Waals surface area (Å²) in [5.74, 6) is 7.20. The second kappa shape index (κ2) is 17.9. The average Bonchev–Trinajstić information content (AvgIpc) is 3.53. The number of rotatable bonds is 15. The number of benzene rings is 4. The quantitative estimate of drug-likeness (QED) is 0.101. The first-order chi connectivity index (χ1) is 29.4. The van der Waals surface area contributed by atoms with E-state index in [9.17, 15) is 0 Å². The Morgan fingerprint density at radius 1 is 0.426 bits per heavy atom. The molecule has 0 saturated heterocycles. The first-order valence-corrected chi connectivity index (χ1v) is 21.2. The maximum atomic E-state index is 6.63. The van der Waals surface area contributed by atoms with E-state index in [0.717, 1.165) is 45.8 Å². The third-order valence-corrected chi connectivity index (χ3v) is 10.4. The van der Waals surface area contributed by atoms with Crippen LogP contribution in [0.3, 0.4) is 0 Å². The number of fused-ring (bicyclic) bond motifs is 3. The molecule has 310 valence electrons. The highest BCUT2D eigenvalue weighted by molar-refractivity contribution is 6.09. The third-order valence-electron chi connectivity index (χ3n) is 10.4. The van der Waals surface area contributed by atoms with E-state index in [0.29, 0.717) is 64.0 Å². The summed E-state index contributed by atoms with van der Waals surface area (Å²) in [6.07, 6.45) is 9.02. The first-order valence-electron chi connectivity index (χ1n) is 21.2. The molecule has 8 aromatic rings. The molecule has 0 bridgehead atoms. The Balaban J connectivity index is 1.13. The van der Waals surface area contributed by atoms with E-state index in [4.69, 9.17) is 18.9 Å². The lowest BCUT2D eigenvalue weighted by molar-refractivity contribution is 0.446. The van der Waals surface area contributed by atoms with Gasteiger partial charge in [-0.15, -0.1) is 0 Å². The van der Waals surface area contributed by atoms with Crippen molar-refractivity contribution < 1.29 is 18.9 Å². The molecule has 61 heavy (non-hydrogen) atoms. The predicted octanol–water partition coefficient (Wildman–Crippen LogP) is 14.2. The number of nitrogens with zero attached hydrogens (tertiary/aromatic N) is 5.